The van der Waals surface area contributed by atoms with Crippen LogP contribution >= 0.6 is 0 Å². The van der Waals surface area contributed by atoms with E-state index in [-0.39, 0.29) is 0 Å². The molecule has 1 saturated carbocycles. The molecule has 0 bridgehead atoms. The maximum atomic E-state index is 5.59. The zero-order valence-corrected chi connectivity index (χ0v) is 20.2. The molecule has 0 unspecified atom stereocenters. The lowest BCUT2D eigenvalue weighted by molar-refractivity contribution is 0.214. The number of H-pyrrole nitrogens is 1. The maximum absolute atomic E-state index is 5.59. The zero-order valence-electron chi connectivity index (χ0n) is 20.2. The molecule has 3 aromatic rings. The predicted molar refractivity (Wildman–Crippen MR) is 136 cm³/mol. The molecule has 1 aliphatic heterocycles. The summed E-state index contributed by atoms with van der Waals surface area (Å²) in [6.07, 6.45) is 6.35. The number of hydrogen-bond acceptors (Lipinski definition) is 4. The fourth-order valence-electron chi connectivity index (χ4n) is 5.34. The fourth-order valence-corrected chi connectivity index (χ4v) is 5.34. The average Bonchev–Trinajstić information content (AvgIpc) is 3.62. The smallest absolute Gasteiger partial charge is 0.161 e. The van der Waals surface area contributed by atoms with Gasteiger partial charge in [-0.05, 0) is 106 Å². The van der Waals surface area contributed by atoms with Gasteiger partial charge in [0.05, 0.1) is 14.2 Å². The van der Waals surface area contributed by atoms with E-state index in [0.717, 1.165) is 36.9 Å². The first-order chi connectivity index (χ1) is 16.2. The fraction of sp³-hybridized carbons (Fsp3) is 0.500. The van der Waals surface area contributed by atoms with Gasteiger partial charge in [-0.1, -0.05) is 6.07 Å². The second kappa shape index (κ2) is 9.78. The molecule has 1 saturated heterocycles. The van der Waals surface area contributed by atoms with Gasteiger partial charge in [0, 0.05) is 35.2 Å². The van der Waals surface area contributed by atoms with E-state index in [9.17, 15) is 0 Å². The Bertz CT molecular complexity index is 1090. The number of aromatic amines is 1. The molecule has 33 heavy (non-hydrogen) atoms. The molecule has 176 valence electrons. The highest BCUT2D eigenvalue weighted by Gasteiger charge is 2.27. The molecule has 2 aliphatic rings. The molecule has 2 aromatic carbocycles. The van der Waals surface area contributed by atoms with Crippen molar-refractivity contribution in [3.8, 4) is 22.8 Å². The summed E-state index contributed by atoms with van der Waals surface area (Å²) in [4.78, 5) is 6.34. The number of benzene rings is 2. The summed E-state index contributed by atoms with van der Waals surface area (Å²) in [5.41, 5.74) is 6.61. The van der Waals surface area contributed by atoms with Crippen LogP contribution < -0.4 is 14.8 Å². The number of rotatable bonds is 9. The van der Waals surface area contributed by atoms with Gasteiger partial charge < -0.3 is 24.7 Å². The first kappa shape index (κ1) is 22.3. The van der Waals surface area contributed by atoms with Gasteiger partial charge in [-0.3, -0.25) is 0 Å². The number of ether oxygens (including phenoxy) is 2. The van der Waals surface area contributed by atoms with E-state index in [2.05, 4.69) is 45.5 Å². The molecule has 2 heterocycles. The summed E-state index contributed by atoms with van der Waals surface area (Å²) in [5, 5.41) is 4.68. The molecule has 5 rings (SSSR count). The number of likely N-dealkylation sites (N-methyl/N-ethyl adjacent to an activating group) is 1. The van der Waals surface area contributed by atoms with Crippen molar-refractivity contribution in [2.45, 2.75) is 38.0 Å². The van der Waals surface area contributed by atoms with Crippen LogP contribution in [-0.2, 0) is 6.42 Å². The SMILES string of the molecule is CNCCN1CCC(c2ccc3[nH]c(-c4ccc(OC)c(OC)c4)c(CC4CC4)c3c2)CC1. The van der Waals surface area contributed by atoms with Gasteiger partial charge in [0.2, 0.25) is 0 Å². The standard InChI is InChI=1S/C28H37N3O2/c1-29-12-15-31-13-10-20(11-14-31)21-6-8-25-23(17-21)24(16-19-4-5-19)28(30-25)22-7-9-26(32-2)27(18-22)33-3/h6-9,17-20,29-30H,4-5,10-16H2,1-3H3. The van der Waals surface area contributed by atoms with E-state index in [1.54, 1.807) is 14.2 Å². The highest BCUT2D eigenvalue weighted by molar-refractivity contribution is 5.91. The third-order valence-corrected chi connectivity index (χ3v) is 7.53. The minimum absolute atomic E-state index is 0.661. The van der Waals surface area contributed by atoms with Gasteiger partial charge in [0.1, 0.15) is 0 Å². The molecule has 2 N–H and O–H groups in total. The van der Waals surface area contributed by atoms with Gasteiger partial charge in [0.15, 0.2) is 11.5 Å². The van der Waals surface area contributed by atoms with Crippen LogP contribution in [0.25, 0.3) is 22.2 Å². The second-order valence-corrected chi connectivity index (χ2v) is 9.72. The van der Waals surface area contributed by atoms with Crippen molar-refractivity contribution in [2.75, 3.05) is 47.4 Å². The number of fused-ring (bicyclic) bond motifs is 1. The average molecular weight is 448 g/mol. The lowest BCUT2D eigenvalue weighted by Crippen LogP contribution is -2.37. The number of aromatic nitrogens is 1. The highest BCUT2D eigenvalue weighted by Crippen LogP contribution is 2.42. The van der Waals surface area contributed by atoms with E-state index in [1.165, 1.54) is 72.1 Å². The van der Waals surface area contributed by atoms with E-state index < -0.39 is 0 Å². The van der Waals surface area contributed by atoms with Gasteiger partial charge in [-0.15, -0.1) is 0 Å². The van der Waals surface area contributed by atoms with Crippen LogP contribution in [0.2, 0.25) is 0 Å². The van der Waals surface area contributed by atoms with Crippen molar-refractivity contribution in [3.05, 3.63) is 47.5 Å². The number of methoxy groups -OCH3 is 2. The molecule has 0 atom stereocenters. The van der Waals surface area contributed by atoms with Crippen molar-refractivity contribution in [3.63, 3.8) is 0 Å². The predicted octanol–water partition coefficient (Wildman–Crippen LogP) is 5.20. The highest BCUT2D eigenvalue weighted by atomic mass is 16.5. The zero-order chi connectivity index (χ0) is 22.8. The van der Waals surface area contributed by atoms with E-state index >= 15 is 0 Å². The van der Waals surface area contributed by atoms with Crippen LogP contribution in [0.5, 0.6) is 11.5 Å². The van der Waals surface area contributed by atoms with Crippen molar-refractivity contribution >= 4 is 10.9 Å². The molecular weight excluding hydrogens is 410 g/mol. The number of nitrogens with one attached hydrogen (secondary N) is 2. The summed E-state index contributed by atoms with van der Waals surface area (Å²) in [6, 6.07) is 13.4. The lowest BCUT2D eigenvalue weighted by atomic mass is 9.88. The van der Waals surface area contributed by atoms with Crippen LogP contribution in [0, 0.1) is 5.92 Å². The summed E-state index contributed by atoms with van der Waals surface area (Å²) >= 11 is 0. The Morgan fingerprint density at radius 1 is 0.970 bits per heavy atom. The van der Waals surface area contributed by atoms with Crippen LogP contribution in [0.3, 0.4) is 0 Å². The van der Waals surface area contributed by atoms with Crippen molar-refractivity contribution in [2.24, 2.45) is 5.92 Å². The second-order valence-electron chi connectivity index (χ2n) is 9.72. The summed E-state index contributed by atoms with van der Waals surface area (Å²) in [6.45, 7) is 4.62. The Morgan fingerprint density at radius 2 is 1.76 bits per heavy atom. The Balaban J connectivity index is 1.46. The quantitative estimate of drug-likeness (QED) is 0.473. The maximum Gasteiger partial charge on any atom is 0.161 e. The normalized spacial score (nSPS) is 17.5. The summed E-state index contributed by atoms with van der Waals surface area (Å²) < 4.78 is 11.1. The molecule has 2 fully saturated rings. The number of likely N-dealkylation sites (tertiary alicyclic amines) is 1. The Kier molecular flexibility index (Phi) is 6.61. The Hall–Kier alpha value is -2.50. The van der Waals surface area contributed by atoms with Crippen LogP contribution in [0.15, 0.2) is 36.4 Å². The van der Waals surface area contributed by atoms with Crippen molar-refractivity contribution in [1.82, 2.24) is 15.2 Å². The monoisotopic (exact) mass is 447 g/mol. The van der Waals surface area contributed by atoms with Crippen LogP contribution in [0.1, 0.15) is 42.7 Å². The molecule has 1 aliphatic carbocycles. The minimum Gasteiger partial charge on any atom is -0.493 e. The minimum atomic E-state index is 0.661. The van der Waals surface area contributed by atoms with Gasteiger partial charge in [-0.25, -0.2) is 0 Å². The van der Waals surface area contributed by atoms with Gasteiger partial charge in [0.25, 0.3) is 0 Å². The molecule has 0 spiro atoms. The molecule has 0 radical (unpaired) electrons. The molecule has 5 heteroatoms. The molecule has 0 amide bonds. The topological polar surface area (TPSA) is 49.5 Å². The number of nitrogens with zero attached hydrogens (tertiary/aromatic N) is 1. The third kappa shape index (κ3) is 4.75. The first-order valence-electron chi connectivity index (χ1n) is 12.4. The Labute approximate surface area is 197 Å². The lowest BCUT2D eigenvalue weighted by Gasteiger charge is -2.32. The van der Waals surface area contributed by atoms with E-state index in [0.29, 0.717) is 5.92 Å². The van der Waals surface area contributed by atoms with E-state index in [1.807, 2.05) is 13.1 Å². The van der Waals surface area contributed by atoms with Crippen molar-refractivity contribution in [1.29, 1.82) is 0 Å². The molecular formula is C28H37N3O2. The largest absolute Gasteiger partial charge is 0.493 e. The summed E-state index contributed by atoms with van der Waals surface area (Å²) in [7, 11) is 5.42. The van der Waals surface area contributed by atoms with Gasteiger partial charge >= 0.3 is 0 Å². The molecule has 5 nitrogen and oxygen atoms in total. The number of piperidine rings is 1. The van der Waals surface area contributed by atoms with E-state index in [4.69, 9.17) is 9.47 Å². The van der Waals surface area contributed by atoms with Crippen LogP contribution in [0.4, 0.5) is 0 Å². The van der Waals surface area contributed by atoms with Gasteiger partial charge in [-0.2, -0.15) is 0 Å². The summed E-state index contributed by atoms with van der Waals surface area (Å²) in [5.74, 6) is 3.02. The molecule has 1 aromatic heterocycles. The van der Waals surface area contributed by atoms with Crippen LogP contribution in [-0.4, -0.2) is 57.3 Å². The Morgan fingerprint density at radius 3 is 2.45 bits per heavy atom. The van der Waals surface area contributed by atoms with Crippen molar-refractivity contribution < 1.29 is 9.47 Å². The number of hydrogen-bond donors (Lipinski definition) is 2. The third-order valence-electron chi connectivity index (χ3n) is 7.53. The first-order valence-corrected chi connectivity index (χ1v) is 12.4.